The summed E-state index contributed by atoms with van der Waals surface area (Å²) in [6, 6.07) is 0. The Kier molecular flexibility index (Phi) is 14.0. The standard InChI is InChI=1S/C5H10O3.C4H8O3/c1-2-8-5(7)3-4-6;1-7-4(6)2-3-5/h6H,2-4H2,1H3;5H,2-3H2,1H3. The molecule has 15 heavy (non-hydrogen) atoms. The number of ether oxygens (including phenoxy) is 2. The number of hydrogen-bond acceptors (Lipinski definition) is 6. The van der Waals surface area contributed by atoms with Crippen molar-refractivity contribution in [1.82, 2.24) is 0 Å². The Hall–Kier alpha value is -1.14. The molecular weight excluding hydrogens is 204 g/mol. The van der Waals surface area contributed by atoms with Crippen LogP contribution >= 0.6 is 0 Å². The van der Waals surface area contributed by atoms with E-state index in [4.69, 9.17) is 10.2 Å². The summed E-state index contributed by atoms with van der Waals surface area (Å²) >= 11 is 0. The number of hydrogen-bond donors (Lipinski definition) is 2. The van der Waals surface area contributed by atoms with Crippen LogP contribution < -0.4 is 0 Å². The molecule has 0 atom stereocenters. The van der Waals surface area contributed by atoms with Crippen LogP contribution in [0.2, 0.25) is 0 Å². The van der Waals surface area contributed by atoms with E-state index in [0.29, 0.717) is 6.61 Å². The van der Waals surface area contributed by atoms with E-state index in [0.717, 1.165) is 0 Å². The van der Waals surface area contributed by atoms with E-state index in [-0.39, 0.29) is 38.0 Å². The molecule has 0 saturated heterocycles. The molecule has 0 aromatic heterocycles. The summed E-state index contributed by atoms with van der Waals surface area (Å²) < 4.78 is 8.68. The van der Waals surface area contributed by atoms with E-state index in [9.17, 15) is 9.59 Å². The average Bonchev–Trinajstić information content (AvgIpc) is 2.20. The monoisotopic (exact) mass is 222 g/mol. The molecule has 6 nitrogen and oxygen atoms in total. The third-order valence-electron chi connectivity index (χ3n) is 1.16. The fraction of sp³-hybridized carbons (Fsp3) is 0.778. The van der Waals surface area contributed by atoms with Gasteiger partial charge in [-0.15, -0.1) is 0 Å². The summed E-state index contributed by atoms with van der Waals surface area (Å²) in [6.45, 7) is 1.86. The van der Waals surface area contributed by atoms with E-state index in [1.807, 2.05) is 0 Å². The molecule has 0 rings (SSSR count). The second-order valence-corrected chi connectivity index (χ2v) is 2.33. The number of methoxy groups -OCH3 is 1. The molecule has 0 aromatic carbocycles. The second kappa shape index (κ2) is 12.9. The Balaban J connectivity index is 0. The highest BCUT2D eigenvalue weighted by Crippen LogP contribution is 1.82. The largest absolute Gasteiger partial charge is 0.469 e. The fourth-order valence-corrected chi connectivity index (χ4v) is 0.518. The summed E-state index contributed by atoms with van der Waals surface area (Å²) in [5.74, 6) is -0.711. The molecule has 0 amide bonds. The highest BCUT2D eigenvalue weighted by Gasteiger charge is 1.96. The smallest absolute Gasteiger partial charge is 0.308 e. The summed E-state index contributed by atoms with van der Waals surface area (Å²) in [5, 5.41) is 16.2. The van der Waals surface area contributed by atoms with Crippen LogP contribution in [0, 0.1) is 0 Å². The van der Waals surface area contributed by atoms with Crippen molar-refractivity contribution in [3.63, 3.8) is 0 Å². The van der Waals surface area contributed by atoms with Gasteiger partial charge in [-0.25, -0.2) is 0 Å². The molecule has 6 heteroatoms. The molecule has 90 valence electrons. The number of carbonyl (C=O) groups excluding carboxylic acids is 2. The first-order valence-corrected chi connectivity index (χ1v) is 4.56. The van der Waals surface area contributed by atoms with Crippen molar-refractivity contribution in [3.8, 4) is 0 Å². The number of esters is 2. The highest BCUT2D eigenvalue weighted by atomic mass is 16.5. The molecule has 0 spiro atoms. The van der Waals surface area contributed by atoms with Gasteiger partial charge in [-0.3, -0.25) is 9.59 Å². The van der Waals surface area contributed by atoms with Crippen LogP contribution in [0.1, 0.15) is 19.8 Å². The quantitative estimate of drug-likeness (QED) is 0.608. The van der Waals surface area contributed by atoms with E-state index in [1.54, 1.807) is 6.92 Å². The highest BCUT2D eigenvalue weighted by molar-refractivity contribution is 5.69. The lowest BCUT2D eigenvalue weighted by Crippen LogP contribution is -2.05. The van der Waals surface area contributed by atoms with Crippen LogP contribution in [-0.4, -0.2) is 49.1 Å². The first kappa shape index (κ1) is 16.3. The molecule has 0 fully saturated rings. The van der Waals surface area contributed by atoms with Crippen molar-refractivity contribution in [1.29, 1.82) is 0 Å². The summed E-state index contributed by atoms with van der Waals surface area (Å²) in [6.07, 6.45) is 0.199. The van der Waals surface area contributed by atoms with Crippen molar-refractivity contribution in [3.05, 3.63) is 0 Å². The van der Waals surface area contributed by atoms with Gasteiger partial charge in [0.2, 0.25) is 0 Å². The summed E-state index contributed by atoms with van der Waals surface area (Å²) in [7, 11) is 1.29. The SMILES string of the molecule is CCOC(=O)CCO.COC(=O)CCO. The van der Waals surface area contributed by atoms with Crippen LogP contribution in [0.4, 0.5) is 0 Å². The zero-order chi connectivity index (χ0) is 12.1. The van der Waals surface area contributed by atoms with E-state index in [1.165, 1.54) is 7.11 Å². The number of rotatable bonds is 5. The van der Waals surface area contributed by atoms with Crippen molar-refractivity contribution >= 4 is 11.9 Å². The topological polar surface area (TPSA) is 93.1 Å². The second-order valence-electron chi connectivity index (χ2n) is 2.33. The Labute approximate surface area is 88.8 Å². The first-order chi connectivity index (χ1) is 7.12. The molecule has 0 unspecified atom stereocenters. The lowest BCUT2D eigenvalue weighted by Gasteiger charge is -1.96. The molecule has 0 aromatic rings. The molecule has 0 radical (unpaired) electrons. The number of carbonyl (C=O) groups is 2. The van der Waals surface area contributed by atoms with Crippen LogP contribution in [0.15, 0.2) is 0 Å². The van der Waals surface area contributed by atoms with E-state index in [2.05, 4.69) is 9.47 Å². The fourth-order valence-electron chi connectivity index (χ4n) is 0.518. The van der Waals surface area contributed by atoms with Crippen molar-refractivity contribution in [2.24, 2.45) is 0 Å². The predicted octanol–water partition coefficient (Wildman–Crippen LogP) is -0.526. The normalized spacial score (nSPS) is 8.53. The van der Waals surface area contributed by atoms with E-state index >= 15 is 0 Å². The van der Waals surface area contributed by atoms with Gasteiger partial charge in [-0.1, -0.05) is 0 Å². The van der Waals surface area contributed by atoms with Crippen LogP contribution in [0.25, 0.3) is 0 Å². The predicted molar refractivity (Wildman–Crippen MR) is 52.1 cm³/mol. The van der Waals surface area contributed by atoms with Crippen LogP contribution in [-0.2, 0) is 19.1 Å². The minimum Gasteiger partial charge on any atom is -0.469 e. The number of aliphatic hydroxyl groups is 2. The molecule has 0 saturated carbocycles. The van der Waals surface area contributed by atoms with Gasteiger partial charge in [-0.05, 0) is 6.92 Å². The third kappa shape index (κ3) is 15.6. The van der Waals surface area contributed by atoms with Gasteiger partial charge >= 0.3 is 11.9 Å². The Bertz CT molecular complexity index is 160. The van der Waals surface area contributed by atoms with Crippen molar-refractivity contribution < 1.29 is 29.3 Å². The molecule has 0 aliphatic heterocycles. The zero-order valence-corrected chi connectivity index (χ0v) is 9.06. The Morgan fingerprint density at radius 2 is 1.53 bits per heavy atom. The Morgan fingerprint density at radius 1 is 1.07 bits per heavy atom. The van der Waals surface area contributed by atoms with Gasteiger partial charge in [0.05, 0.1) is 39.8 Å². The maximum absolute atomic E-state index is 10.3. The molecule has 0 bridgehead atoms. The van der Waals surface area contributed by atoms with Gasteiger partial charge in [-0.2, -0.15) is 0 Å². The van der Waals surface area contributed by atoms with Gasteiger partial charge in [0.1, 0.15) is 0 Å². The van der Waals surface area contributed by atoms with Crippen molar-refractivity contribution in [2.75, 3.05) is 26.9 Å². The lowest BCUT2D eigenvalue weighted by atomic mass is 10.5. The number of aliphatic hydroxyl groups excluding tert-OH is 2. The molecule has 0 aliphatic carbocycles. The molecule has 0 heterocycles. The maximum Gasteiger partial charge on any atom is 0.308 e. The minimum absolute atomic E-state index is 0.0938. The average molecular weight is 222 g/mol. The first-order valence-electron chi connectivity index (χ1n) is 4.56. The molecule has 0 aliphatic rings. The van der Waals surface area contributed by atoms with Crippen LogP contribution in [0.5, 0.6) is 0 Å². The minimum atomic E-state index is -0.373. The van der Waals surface area contributed by atoms with Gasteiger partial charge < -0.3 is 19.7 Å². The lowest BCUT2D eigenvalue weighted by molar-refractivity contribution is -0.144. The van der Waals surface area contributed by atoms with Gasteiger partial charge in [0, 0.05) is 0 Å². The Morgan fingerprint density at radius 3 is 1.80 bits per heavy atom. The molecule has 2 N–H and O–H groups in total. The molecular formula is C9H18O6. The maximum atomic E-state index is 10.3. The van der Waals surface area contributed by atoms with Gasteiger partial charge in [0.25, 0.3) is 0 Å². The summed E-state index contributed by atoms with van der Waals surface area (Å²) in [4.78, 5) is 20.3. The zero-order valence-electron chi connectivity index (χ0n) is 9.06. The van der Waals surface area contributed by atoms with Gasteiger partial charge in [0.15, 0.2) is 0 Å². The third-order valence-corrected chi connectivity index (χ3v) is 1.16. The van der Waals surface area contributed by atoms with E-state index < -0.39 is 0 Å². The van der Waals surface area contributed by atoms with Crippen molar-refractivity contribution in [2.45, 2.75) is 19.8 Å². The van der Waals surface area contributed by atoms with Crippen LogP contribution in [0.3, 0.4) is 0 Å². The summed E-state index contributed by atoms with van der Waals surface area (Å²) in [5.41, 5.74) is 0.